The van der Waals surface area contributed by atoms with E-state index >= 15 is 0 Å². The lowest BCUT2D eigenvalue weighted by molar-refractivity contribution is -0.161. The molecule has 0 aliphatic carbocycles. The second kappa shape index (κ2) is 7.24. The van der Waals surface area contributed by atoms with Gasteiger partial charge in [-0.3, -0.25) is 9.59 Å². The number of aliphatic imine (C=N–C) groups is 1. The molecule has 1 N–H and O–H groups in total. The van der Waals surface area contributed by atoms with E-state index in [9.17, 15) is 9.59 Å². The van der Waals surface area contributed by atoms with Gasteiger partial charge in [-0.05, 0) is 24.3 Å². The number of nitrogens with zero attached hydrogens (tertiary/aromatic N) is 3. The average molecular weight is 378 g/mol. The lowest BCUT2D eigenvalue weighted by Crippen LogP contribution is -2.34. The highest BCUT2D eigenvalue weighted by atomic mass is 16.7. The standard InChI is InChI=1S/C20H18N4O4/c1-12(25)24(14-8-4-3-5-9-14)23-18-17-19(28-20(18)27-13(2)26)22-16-11-7-6-10-15(16)21-17/h3-11,19-20,22H,1-2H3/b23-18-. The number of esters is 1. The molecule has 2 unspecified atom stereocenters. The van der Waals surface area contributed by atoms with Crippen molar-refractivity contribution in [2.75, 3.05) is 10.3 Å². The van der Waals surface area contributed by atoms with E-state index in [1.165, 1.54) is 18.9 Å². The van der Waals surface area contributed by atoms with Crippen LogP contribution in [0.25, 0.3) is 0 Å². The first-order valence-corrected chi connectivity index (χ1v) is 8.74. The van der Waals surface area contributed by atoms with Crippen molar-refractivity contribution >= 4 is 40.4 Å². The van der Waals surface area contributed by atoms with E-state index in [0.29, 0.717) is 17.1 Å². The van der Waals surface area contributed by atoms with Crippen LogP contribution in [0.15, 0.2) is 64.7 Å². The first kappa shape index (κ1) is 17.9. The third-order valence-electron chi connectivity index (χ3n) is 4.21. The molecule has 0 bridgehead atoms. The second-order valence-electron chi connectivity index (χ2n) is 6.27. The predicted molar refractivity (Wildman–Crippen MR) is 105 cm³/mol. The minimum absolute atomic E-state index is 0.265. The lowest BCUT2D eigenvalue weighted by atomic mass is 10.1. The van der Waals surface area contributed by atoms with Crippen LogP contribution in [0.2, 0.25) is 0 Å². The highest BCUT2D eigenvalue weighted by Gasteiger charge is 2.43. The molecule has 142 valence electrons. The summed E-state index contributed by atoms with van der Waals surface area (Å²) >= 11 is 0. The van der Waals surface area contributed by atoms with E-state index in [2.05, 4.69) is 15.4 Å². The Morgan fingerprint density at radius 2 is 1.82 bits per heavy atom. The normalized spacial score (nSPS) is 21.2. The Bertz CT molecular complexity index is 987. The van der Waals surface area contributed by atoms with Crippen molar-refractivity contribution in [2.45, 2.75) is 26.4 Å². The second-order valence-corrected chi connectivity index (χ2v) is 6.27. The SMILES string of the molecule is CC(=O)OC1OC2Nc3ccccc3N=C2/C1=N/N(C(C)=O)c1ccccc1. The molecule has 0 saturated carbocycles. The molecular weight excluding hydrogens is 360 g/mol. The third-order valence-corrected chi connectivity index (χ3v) is 4.21. The van der Waals surface area contributed by atoms with Crippen LogP contribution in [-0.4, -0.2) is 35.8 Å². The Morgan fingerprint density at radius 1 is 1.11 bits per heavy atom. The Balaban J connectivity index is 1.80. The van der Waals surface area contributed by atoms with Crippen molar-refractivity contribution in [3.8, 4) is 0 Å². The Kier molecular flexibility index (Phi) is 4.62. The molecule has 2 atom stereocenters. The van der Waals surface area contributed by atoms with Crippen molar-refractivity contribution in [1.82, 2.24) is 0 Å². The number of rotatable bonds is 3. The molecule has 1 fully saturated rings. The molecule has 1 saturated heterocycles. The number of amides is 1. The molecule has 28 heavy (non-hydrogen) atoms. The smallest absolute Gasteiger partial charge is 0.305 e. The van der Waals surface area contributed by atoms with Crippen LogP contribution in [0.1, 0.15) is 13.8 Å². The van der Waals surface area contributed by atoms with Gasteiger partial charge in [-0.25, -0.2) is 10.0 Å². The average Bonchev–Trinajstić information content (AvgIpc) is 2.99. The fraction of sp³-hybridized carbons (Fsp3) is 0.200. The summed E-state index contributed by atoms with van der Waals surface area (Å²) in [4.78, 5) is 28.4. The minimum atomic E-state index is -1.08. The van der Waals surface area contributed by atoms with Gasteiger partial charge in [0.25, 0.3) is 6.29 Å². The summed E-state index contributed by atoms with van der Waals surface area (Å²) in [5.41, 5.74) is 2.82. The maximum absolute atomic E-state index is 12.2. The molecule has 0 radical (unpaired) electrons. The zero-order valence-corrected chi connectivity index (χ0v) is 15.3. The number of fused-ring (bicyclic) bond motifs is 2. The molecule has 8 heteroatoms. The van der Waals surface area contributed by atoms with E-state index < -0.39 is 18.5 Å². The van der Waals surface area contributed by atoms with Crippen LogP contribution >= 0.6 is 0 Å². The van der Waals surface area contributed by atoms with Crippen molar-refractivity contribution in [1.29, 1.82) is 0 Å². The molecule has 2 aromatic carbocycles. The molecule has 2 aromatic rings. The third kappa shape index (κ3) is 3.37. The molecule has 8 nitrogen and oxygen atoms in total. The maximum Gasteiger partial charge on any atom is 0.305 e. The highest BCUT2D eigenvalue weighted by molar-refractivity contribution is 6.48. The van der Waals surface area contributed by atoms with Crippen molar-refractivity contribution in [3.05, 3.63) is 54.6 Å². The van der Waals surface area contributed by atoms with E-state index in [0.717, 1.165) is 5.69 Å². The lowest BCUT2D eigenvalue weighted by Gasteiger charge is -2.20. The summed E-state index contributed by atoms with van der Waals surface area (Å²) in [6.45, 7) is 2.69. The van der Waals surface area contributed by atoms with Crippen LogP contribution in [0.4, 0.5) is 17.1 Å². The molecule has 0 aromatic heterocycles. The molecule has 2 heterocycles. The van der Waals surface area contributed by atoms with Gasteiger partial charge >= 0.3 is 5.97 Å². The summed E-state index contributed by atoms with van der Waals surface area (Å²) < 4.78 is 11.1. The van der Waals surface area contributed by atoms with Crippen LogP contribution in [0, 0.1) is 0 Å². The van der Waals surface area contributed by atoms with Crippen LogP contribution in [0.5, 0.6) is 0 Å². The molecule has 4 rings (SSSR count). The fourth-order valence-electron chi connectivity index (χ4n) is 3.01. The minimum Gasteiger partial charge on any atom is -0.429 e. The van der Waals surface area contributed by atoms with Gasteiger partial charge in [0.05, 0.1) is 17.1 Å². The number of ether oxygens (including phenoxy) is 2. The maximum atomic E-state index is 12.2. The number of hydrogen-bond donors (Lipinski definition) is 1. The van der Waals surface area contributed by atoms with Gasteiger partial charge < -0.3 is 14.8 Å². The van der Waals surface area contributed by atoms with Gasteiger partial charge in [-0.2, -0.15) is 5.10 Å². The fourth-order valence-corrected chi connectivity index (χ4v) is 3.01. The van der Waals surface area contributed by atoms with Gasteiger partial charge in [0.15, 0.2) is 11.9 Å². The highest BCUT2D eigenvalue weighted by Crippen LogP contribution is 2.33. The number of hydrogen-bond acceptors (Lipinski definition) is 7. The first-order chi connectivity index (χ1) is 13.5. The number of carbonyl (C=O) groups excluding carboxylic acids is 2. The zero-order chi connectivity index (χ0) is 19.7. The number of nitrogens with one attached hydrogen (secondary N) is 1. The topological polar surface area (TPSA) is 92.6 Å². The number of para-hydroxylation sites is 3. The van der Waals surface area contributed by atoms with Crippen LogP contribution < -0.4 is 10.3 Å². The van der Waals surface area contributed by atoms with Crippen molar-refractivity contribution in [2.24, 2.45) is 10.1 Å². The zero-order valence-electron chi connectivity index (χ0n) is 15.3. The van der Waals surface area contributed by atoms with E-state index in [1.807, 2.05) is 30.3 Å². The number of benzene rings is 2. The largest absolute Gasteiger partial charge is 0.429 e. The van der Waals surface area contributed by atoms with Crippen molar-refractivity contribution in [3.63, 3.8) is 0 Å². The molecule has 2 aliphatic heterocycles. The summed E-state index contributed by atoms with van der Waals surface area (Å²) in [5.74, 6) is -0.822. The molecule has 1 amide bonds. The Labute approximate surface area is 161 Å². The van der Waals surface area contributed by atoms with E-state index in [1.54, 1.807) is 24.3 Å². The molecule has 2 aliphatic rings. The van der Waals surface area contributed by atoms with Crippen LogP contribution in [0.3, 0.4) is 0 Å². The van der Waals surface area contributed by atoms with Crippen molar-refractivity contribution < 1.29 is 19.1 Å². The van der Waals surface area contributed by atoms with E-state index in [4.69, 9.17) is 9.47 Å². The number of carbonyl (C=O) groups is 2. The molecule has 0 spiro atoms. The van der Waals surface area contributed by atoms with Gasteiger partial charge in [-0.15, -0.1) is 0 Å². The van der Waals surface area contributed by atoms with Gasteiger partial charge in [0.2, 0.25) is 5.91 Å². The first-order valence-electron chi connectivity index (χ1n) is 8.74. The number of hydrazone groups is 1. The summed E-state index contributed by atoms with van der Waals surface area (Å²) in [7, 11) is 0. The predicted octanol–water partition coefficient (Wildman–Crippen LogP) is 2.84. The summed E-state index contributed by atoms with van der Waals surface area (Å²) in [5, 5.41) is 8.91. The monoisotopic (exact) mass is 378 g/mol. The Morgan fingerprint density at radius 3 is 2.54 bits per heavy atom. The Hall–Kier alpha value is -3.52. The van der Waals surface area contributed by atoms with E-state index in [-0.39, 0.29) is 11.6 Å². The summed E-state index contributed by atoms with van der Waals surface area (Å²) in [6.07, 6.45) is -1.71. The quantitative estimate of drug-likeness (QED) is 0.655. The number of anilines is 2. The van der Waals surface area contributed by atoms with Gasteiger partial charge in [-0.1, -0.05) is 30.3 Å². The van der Waals surface area contributed by atoms with Gasteiger partial charge in [0, 0.05) is 13.8 Å². The van der Waals surface area contributed by atoms with Gasteiger partial charge in [0.1, 0.15) is 5.71 Å². The summed E-state index contributed by atoms with van der Waals surface area (Å²) in [6, 6.07) is 16.4. The molecular formula is C20H18N4O4. The van der Waals surface area contributed by atoms with Crippen LogP contribution in [-0.2, 0) is 19.1 Å².